The summed E-state index contributed by atoms with van der Waals surface area (Å²) in [5, 5.41) is 15.4. The average Bonchev–Trinajstić information content (AvgIpc) is 3.30. The minimum atomic E-state index is -0.0478. The number of thiophene rings is 1. The molecular formula is C18H18Cl2N4OS2. The zero-order valence-corrected chi connectivity index (χ0v) is 17.8. The van der Waals surface area contributed by atoms with E-state index in [4.69, 9.17) is 23.2 Å². The molecule has 5 nitrogen and oxygen atoms in total. The van der Waals surface area contributed by atoms with Crippen molar-refractivity contribution in [1.82, 2.24) is 20.1 Å². The summed E-state index contributed by atoms with van der Waals surface area (Å²) in [6.07, 6.45) is 0.653. The van der Waals surface area contributed by atoms with E-state index in [1.807, 2.05) is 35.1 Å². The average molecular weight is 441 g/mol. The highest BCUT2D eigenvalue weighted by atomic mass is 35.5. The second-order valence-electron chi connectivity index (χ2n) is 5.65. The van der Waals surface area contributed by atoms with Crippen molar-refractivity contribution in [2.24, 2.45) is 0 Å². The van der Waals surface area contributed by atoms with Crippen molar-refractivity contribution in [3.05, 3.63) is 51.3 Å². The van der Waals surface area contributed by atoms with Crippen LogP contribution in [0.1, 0.15) is 12.5 Å². The second-order valence-corrected chi connectivity index (χ2v) is 8.39. The Morgan fingerprint density at radius 3 is 2.85 bits per heavy atom. The lowest BCUT2D eigenvalue weighted by Crippen LogP contribution is -2.27. The van der Waals surface area contributed by atoms with Crippen LogP contribution >= 0.6 is 46.3 Å². The molecule has 0 unspecified atom stereocenters. The Morgan fingerprint density at radius 1 is 1.30 bits per heavy atom. The molecule has 0 radical (unpaired) electrons. The van der Waals surface area contributed by atoms with Gasteiger partial charge in [0.25, 0.3) is 0 Å². The van der Waals surface area contributed by atoms with Crippen molar-refractivity contribution in [2.75, 3.05) is 12.3 Å². The first kappa shape index (κ1) is 20.2. The molecule has 2 aromatic heterocycles. The van der Waals surface area contributed by atoms with Crippen LogP contribution in [0, 0.1) is 0 Å². The van der Waals surface area contributed by atoms with Crippen molar-refractivity contribution in [2.45, 2.75) is 25.0 Å². The van der Waals surface area contributed by atoms with Crippen molar-refractivity contribution < 1.29 is 4.79 Å². The Morgan fingerprint density at radius 2 is 2.15 bits per heavy atom. The largest absolute Gasteiger partial charge is 0.355 e. The number of amides is 1. The van der Waals surface area contributed by atoms with Gasteiger partial charge in [0.1, 0.15) is 0 Å². The van der Waals surface area contributed by atoms with Gasteiger partial charge in [-0.1, -0.05) is 47.1 Å². The molecule has 3 aromatic rings. The number of rotatable bonds is 8. The van der Waals surface area contributed by atoms with Crippen molar-refractivity contribution in [3.8, 4) is 10.7 Å². The van der Waals surface area contributed by atoms with Crippen LogP contribution in [0.4, 0.5) is 0 Å². The molecule has 0 saturated carbocycles. The van der Waals surface area contributed by atoms with Gasteiger partial charge in [-0.05, 0) is 42.5 Å². The van der Waals surface area contributed by atoms with Gasteiger partial charge < -0.3 is 9.88 Å². The molecule has 2 heterocycles. The summed E-state index contributed by atoms with van der Waals surface area (Å²) in [5.74, 6) is 1.08. The number of hydrogen-bond acceptors (Lipinski definition) is 5. The molecular weight excluding hydrogens is 423 g/mol. The third kappa shape index (κ3) is 5.25. The standard InChI is InChI=1S/C18H18Cl2N4OS2/c1-2-24-17(15-4-3-9-26-15)22-23-18(24)27-11-16(25)21-8-7-12-5-6-13(19)10-14(12)20/h3-6,9-10H,2,7-8,11H2,1H3,(H,21,25). The molecule has 27 heavy (non-hydrogen) atoms. The molecule has 0 fully saturated rings. The quantitative estimate of drug-likeness (QED) is 0.511. The van der Waals surface area contributed by atoms with Gasteiger partial charge in [-0.3, -0.25) is 4.79 Å². The van der Waals surface area contributed by atoms with E-state index >= 15 is 0 Å². The second kappa shape index (κ2) is 9.59. The van der Waals surface area contributed by atoms with E-state index in [0.717, 1.165) is 28.0 Å². The summed E-state index contributed by atoms with van der Waals surface area (Å²) < 4.78 is 2.03. The van der Waals surface area contributed by atoms with Gasteiger partial charge in [0.2, 0.25) is 5.91 Å². The zero-order valence-electron chi connectivity index (χ0n) is 14.6. The number of carbonyl (C=O) groups excluding carboxylic acids is 1. The maximum atomic E-state index is 12.1. The Balaban J connectivity index is 1.51. The van der Waals surface area contributed by atoms with Crippen LogP contribution in [0.2, 0.25) is 10.0 Å². The van der Waals surface area contributed by atoms with E-state index in [1.165, 1.54) is 11.8 Å². The fourth-order valence-electron chi connectivity index (χ4n) is 2.51. The summed E-state index contributed by atoms with van der Waals surface area (Å²) in [6, 6.07) is 9.38. The van der Waals surface area contributed by atoms with E-state index in [1.54, 1.807) is 23.5 Å². The fraction of sp³-hybridized carbons (Fsp3) is 0.278. The lowest BCUT2D eigenvalue weighted by molar-refractivity contribution is -0.118. The zero-order chi connectivity index (χ0) is 19.2. The molecule has 0 saturated heterocycles. The smallest absolute Gasteiger partial charge is 0.230 e. The number of benzene rings is 1. The van der Waals surface area contributed by atoms with E-state index < -0.39 is 0 Å². The minimum absolute atomic E-state index is 0.0478. The van der Waals surface area contributed by atoms with E-state index in [2.05, 4.69) is 15.5 Å². The van der Waals surface area contributed by atoms with Crippen molar-refractivity contribution >= 4 is 52.2 Å². The number of nitrogens with zero attached hydrogens (tertiary/aromatic N) is 3. The van der Waals surface area contributed by atoms with Gasteiger partial charge in [-0.2, -0.15) is 0 Å². The summed E-state index contributed by atoms with van der Waals surface area (Å²) >= 11 is 15.0. The van der Waals surface area contributed by atoms with Crippen LogP contribution in [-0.4, -0.2) is 33.0 Å². The van der Waals surface area contributed by atoms with Gasteiger partial charge in [-0.25, -0.2) is 0 Å². The molecule has 142 valence electrons. The van der Waals surface area contributed by atoms with E-state index in [9.17, 15) is 4.79 Å². The van der Waals surface area contributed by atoms with Gasteiger partial charge in [-0.15, -0.1) is 21.5 Å². The summed E-state index contributed by atoms with van der Waals surface area (Å²) in [7, 11) is 0. The normalized spacial score (nSPS) is 10.9. The number of nitrogens with one attached hydrogen (secondary N) is 1. The Hall–Kier alpha value is -1.54. The first-order valence-corrected chi connectivity index (χ1v) is 11.0. The van der Waals surface area contributed by atoms with E-state index in [-0.39, 0.29) is 11.7 Å². The number of hydrogen-bond donors (Lipinski definition) is 1. The van der Waals surface area contributed by atoms with Crippen molar-refractivity contribution in [1.29, 1.82) is 0 Å². The van der Waals surface area contributed by atoms with E-state index in [0.29, 0.717) is 23.0 Å². The number of aromatic nitrogens is 3. The molecule has 1 N–H and O–H groups in total. The summed E-state index contributed by atoms with van der Waals surface area (Å²) in [6.45, 7) is 3.31. The predicted octanol–water partition coefficient (Wildman–Crippen LogP) is 4.78. The topological polar surface area (TPSA) is 59.8 Å². The monoisotopic (exact) mass is 440 g/mol. The van der Waals surface area contributed by atoms with Gasteiger partial charge in [0, 0.05) is 23.1 Å². The van der Waals surface area contributed by atoms with Crippen LogP contribution in [-0.2, 0) is 17.8 Å². The van der Waals surface area contributed by atoms with Crippen molar-refractivity contribution in [3.63, 3.8) is 0 Å². The molecule has 0 atom stereocenters. The molecule has 0 aliphatic rings. The molecule has 3 rings (SSSR count). The maximum absolute atomic E-state index is 12.1. The molecule has 1 amide bonds. The van der Waals surface area contributed by atoms with Crippen LogP contribution in [0.5, 0.6) is 0 Å². The SMILES string of the molecule is CCn1c(SCC(=O)NCCc2ccc(Cl)cc2Cl)nnc1-c1cccs1. The molecule has 0 bridgehead atoms. The molecule has 0 aliphatic heterocycles. The highest BCUT2D eigenvalue weighted by Crippen LogP contribution is 2.27. The highest BCUT2D eigenvalue weighted by molar-refractivity contribution is 7.99. The van der Waals surface area contributed by atoms with Gasteiger partial charge in [0.05, 0.1) is 10.6 Å². The predicted molar refractivity (Wildman–Crippen MR) is 113 cm³/mol. The molecule has 1 aromatic carbocycles. The minimum Gasteiger partial charge on any atom is -0.355 e. The molecule has 0 aliphatic carbocycles. The Bertz CT molecular complexity index is 912. The third-order valence-electron chi connectivity index (χ3n) is 3.84. The highest BCUT2D eigenvalue weighted by Gasteiger charge is 2.15. The first-order valence-electron chi connectivity index (χ1n) is 8.39. The number of carbonyl (C=O) groups is 1. The summed E-state index contributed by atoms with van der Waals surface area (Å²) in [4.78, 5) is 13.2. The Labute approximate surface area is 176 Å². The van der Waals surface area contributed by atoms with Gasteiger partial charge in [0.15, 0.2) is 11.0 Å². The van der Waals surface area contributed by atoms with Crippen LogP contribution in [0.3, 0.4) is 0 Å². The molecule has 0 spiro atoms. The van der Waals surface area contributed by atoms with Crippen LogP contribution < -0.4 is 5.32 Å². The van der Waals surface area contributed by atoms with Gasteiger partial charge >= 0.3 is 0 Å². The number of thioether (sulfide) groups is 1. The first-order chi connectivity index (χ1) is 13.1. The fourth-order valence-corrected chi connectivity index (χ4v) is 4.56. The van der Waals surface area contributed by atoms with Crippen LogP contribution in [0.25, 0.3) is 10.7 Å². The molecule has 9 heteroatoms. The summed E-state index contributed by atoms with van der Waals surface area (Å²) in [5.41, 5.74) is 0.959. The number of halogens is 2. The van der Waals surface area contributed by atoms with Crippen LogP contribution in [0.15, 0.2) is 40.9 Å². The Kier molecular flexibility index (Phi) is 7.18. The lowest BCUT2D eigenvalue weighted by Gasteiger charge is -2.08. The third-order valence-corrected chi connectivity index (χ3v) is 6.26. The maximum Gasteiger partial charge on any atom is 0.230 e. The lowest BCUT2D eigenvalue weighted by atomic mass is 10.1.